The highest BCUT2D eigenvalue weighted by Gasteiger charge is 2.62. The topological polar surface area (TPSA) is 84.9 Å². The van der Waals surface area contributed by atoms with Gasteiger partial charge in [-0.1, -0.05) is 50.6 Å². The molecule has 0 bridgehead atoms. The number of carbonyl (C=O) groups excluding carboxylic acids is 3. The normalized spacial score (nSPS) is 30.4. The highest BCUT2D eigenvalue weighted by Crippen LogP contribution is 2.54. The van der Waals surface area contributed by atoms with E-state index in [-0.39, 0.29) is 36.4 Å². The van der Waals surface area contributed by atoms with Crippen molar-refractivity contribution < 1.29 is 23.9 Å². The molecule has 3 fully saturated rings. The number of carbonyl (C=O) groups is 3. The Morgan fingerprint density at radius 1 is 1.15 bits per heavy atom. The van der Waals surface area contributed by atoms with Gasteiger partial charge in [-0.15, -0.1) is 0 Å². The average Bonchev–Trinajstić information content (AvgIpc) is 3.14. The minimum atomic E-state index is -0.760. The van der Waals surface area contributed by atoms with Crippen molar-refractivity contribution in [3.05, 3.63) is 35.9 Å². The second-order valence-electron chi connectivity index (χ2n) is 11.3. The zero-order valence-corrected chi connectivity index (χ0v) is 20.3. The van der Waals surface area contributed by atoms with Gasteiger partial charge in [-0.05, 0) is 62.8 Å². The van der Waals surface area contributed by atoms with Crippen LogP contribution in [0.15, 0.2) is 30.3 Å². The van der Waals surface area contributed by atoms with Gasteiger partial charge in [-0.25, -0.2) is 9.59 Å². The van der Waals surface area contributed by atoms with Crippen LogP contribution in [-0.4, -0.2) is 46.6 Å². The summed E-state index contributed by atoms with van der Waals surface area (Å²) in [6.45, 7) is 9.75. The maximum Gasteiger partial charge on any atom is 0.408 e. The zero-order valence-electron chi connectivity index (χ0n) is 20.3. The molecule has 0 spiro atoms. The van der Waals surface area contributed by atoms with Crippen molar-refractivity contribution in [3.8, 4) is 0 Å². The van der Waals surface area contributed by atoms with E-state index in [1.54, 1.807) is 4.90 Å². The van der Waals surface area contributed by atoms with E-state index in [2.05, 4.69) is 19.2 Å². The monoisotopic (exact) mass is 456 g/mol. The van der Waals surface area contributed by atoms with Crippen molar-refractivity contribution in [1.29, 1.82) is 0 Å². The van der Waals surface area contributed by atoms with E-state index in [9.17, 15) is 14.4 Å². The van der Waals surface area contributed by atoms with Gasteiger partial charge in [0.1, 0.15) is 24.3 Å². The van der Waals surface area contributed by atoms with Gasteiger partial charge in [-0.3, -0.25) is 4.79 Å². The van der Waals surface area contributed by atoms with E-state index in [0.29, 0.717) is 6.42 Å². The molecule has 33 heavy (non-hydrogen) atoms. The maximum absolute atomic E-state index is 13.8. The summed E-state index contributed by atoms with van der Waals surface area (Å²) in [4.78, 5) is 41.3. The van der Waals surface area contributed by atoms with Crippen LogP contribution >= 0.6 is 0 Å². The largest absolute Gasteiger partial charge is 0.458 e. The van der Waals surface area contributed by atoms with E-state index < -0.39 is 29.2 Å². The first-order chi connectivity index (χ1) is 15.5. The minimum Gasteiger partial charge on any atom is -0.458 e. The molecule has 7 heteroatoms. The van der Waals surface area contributed by atoms with Gasteiger partial charge in [-0.2, -0.15) is 0 Å². The average molecular weight is 457 g/mol. The van der Waals surface area contributed by atoms with Crippen molar-refractivity contribution in [2.24, 2.45) is 17.3 Å². The third-order valence-corrected chi connectivity index (χ3v) is 7.52. The van der Waals surface area contributed by atoms with E-state index in [0.717, 1.165) is 24.8 Å². The van der Waals surface area contributed by atoms with Crippen molar-refractivity contribution in [3.63, 3.8) is 0 Å². The maximum atomic E-state index is 13.8. The SMILES string of the molecule is CC(C)(C)OC(=O)[C@@H]1C[C@@H]2CCCC3[C@@H]2N1C(=O)[C@@H](NC(=O)OCc1ccccc1)C3(C)C. The molecule has 1 N–H and O–H groups in total. The number of nitrogens with one attached hydrogen (secondary N) is 1. The zero-order chi connectivity index (χ0) is 24.0. The Balaban J connectivity index is 1.55. The van der Waals surface area contributed by atoms with Crippen molar-refractivity contribution >= 4 is 18.0 Å². The Labute approximate surface area is 196 Å². The smallest absolute Gasteiger partial charge is 0.408 e. The van der Waals surface area contributed by atoms with E-state index >= 15 is 0 Å². The number of ether oxygens (including phenoxy) is 2. The predicted octanol–water partition coefficient (Wildman–Crippen LogP) is 4.05. The van der Waals surface area contributed by atoms with E-state index in [1.165, 1.54) is 0 Å². The molecule has 2 aliphatic heterocycles. The van der Waals surface area contributed by atoms with Crippen LogP contribution in [-0.2, 0) is 25.7 Å². The van der Waals surface area contributed by atoms with Crippen LogP contribution in [0, 0.1) is 17.3 Å². The van der Waals surface area contributed by atoms with Gasteiger partial charge in [0.05, 0.1) is 0 Å². The predicted molar refractivity (Wildman–Crippen MR) is 123 cm³/mol. The lowest BCUT2D eigenvalue weighted by Crippen LogP contribution is -2.69. The summed E-state index contributed by atoms with van der Waals surface area (Å²) in [5.41, 5.74) is -0.200. The van der Waals surface area contributed by atoms with Gasteiger partial charge >= 0.3 is 12.1 Å². The van der Waals surface area contributed by atoms with Gasteiger partial charge in [0, 0.05) is 6.04 Å². The second kappa shape index (κ2) is 8.65. The molecule has 2 heterocycles. The van der Waals surface area contributed by atoms with Gasteiger partial charge in [0.15, 0.2) is 0 Å². The van der Waals surface area contributed by atoms with Crippen LogP contribution in [0.2, 0.25) is 0 Å². The van der Waals surface area contributed by atoms with Gasteiger partial charge in [0.25, 0.3) is 0 Å². The second-order valence-corrected chi connectivity index (χ2v) is 11.3. The number of alkyl carbamates (subject to hydrolysis) is 1. The Morgan fingerprint density at radius 3 is 2.52 bits per heavy atom. The Hall–Kier alpha value is -2.57. The quantitative estimate of drug-likeness (QED) is 0.691. The fraction of sp³-hybridized carbons (Fsp3) is 0.654. The molecule has 3 aliphatic rings. The molecule has 1 aliphatic carbocycles. The number of piperidine rings is 1. The summed E-state index contributed by atoms with van der Waals surface area (Å²) in [5, 5.41) is 2.85. The Kier molecular flexibility index (Phi) is 6.18. The van der Waals surface area contributed by atoms with Crippen LogP contribution < -0.4 is 5.32 Å². The summed E-state index contributed by atoms with van der Waals surface area (Å²) >= 11 is 0. The van der Waals surface area contributed by atoms with Crippen LogP contribution in [0.3, 0.4) is 0 Å². The highest BCUT2D eigenvalue weighted by molar-refractivity contribution is 5.92. The van der Waals surface area contributed by atoms with E-state index in [4.69, 9.17) is 9.47 Å². The third kappa shape index (κ3) is 4.59. The summed E-state index contributed by atoms with van der Waals surface area (Å²) in [6.07, 6.45) is 3.05. The summed E-state index contributed by atoms with van der Waals surface area (Å²) in [7, 11) is 0. The molecule has 1 aromatic rings. The summed E-state index contributed by atoms with van der Waals surface area (Å²) in [6, 6.07) is 8.07. The molecule has 5 atom stereocenters. The number of benzene rings is 1. The lowest BCUT2D eigenvalue weighted by atomic mass is 9.60. The Morgan fingerprint density at radius 2 is 1.85 bits per heavy atom. The number of hydrogen-bond acceptors (Lipinski definition) is 5. The molecule has 180 valence electrons. The van der Waals surface area contributed by atoms with Crippen molar-refractivity contribution in [2.75, 3.05) is 0 Å². The number of nitrogens with zero attached hydrogens (tertiary/aromatic N) is 1. The lowest BCUT2D eigenvalue weighted by molar-refractivity contribution is -0.171. The summed E-state index contributed by atoms with van der Waals surface area (Å²) in [5.74, 6) is -0.0800. The van der Waals surface area contributed by atoms with Gasteiger partial charge < -0.3 is 19.7 Å². The minimum absolute atomic E-state index is 0.0113. The fourth-order valence-electron chi connectivity index (χ4n) is 6.06. The van der Waals surface area contributed by atoms with Crippen LogP contribution in [0.1, 0.15) is 65.9 Å². The standard InChI is InChI=1S/C26H36N2O5/c1-25(2,3)33-23(30)19-14-17-12-9-13-18-20(17)28(19)22(29)21(26(18,4)5)27-24(31)32-15-16-10-7-6-8-11-16/h6-8,10-11,17-21H,9,12-15H2,1-5H3,(H,27,31)/t17-,18?,19-,20+,21+/m0/s1. The molecular weight excluding hydrogens is 420 g/mol. The lowest BCUT2D eigenvalue weighted by Gasteiger charge is -2.54. The van der Waals surface area contributed by atoms with Crippen molar-refractivity contribution in [2.45, 2.75) is 90.6 Å². The molecule has 2 amide bonds. The first-order valence-electron chi connectivity index (χ1n) is 12.0. The van der Waals surface area contributed by atoms with Crippen LogP contribution in [0.5, 0.6) is 0 Å². The van der Waals surface area contributed by atoms with E-state index in [1.807, 2.05) is 51.1 Å². The summed E-state index contributed by atoms with van der Waals surface area (Å²) < 4.78 is 11.1. The number of rotatable bonds is 4. The molecule has 1 saturated carbocycles. The Bertz CT molecular complexity index is 907. The molecule has 0 aromatic heterocycles. The molecule has 2 saturated heterocycles. The third-order valence-electron chi connectivity index (χ3n) is 7.52. The number of hydrogen-bond donors (Lipinski definition) is 1. The molecule has 7 nitrogen and oxygen atoms in total. The molecule has 4 rings (SSSR count). The molecule has 1 aromatic carbocycles. The van der Waals surface area contributed by atoms with Crippen LogP contribution in [0.25, 0.3) is 0 Å². The number of amides is 2. The molecular formula is C26H36N2O5. The highest BCUT2D eigenvalue weighted by atomic mass is 16.6. The first kappa shape index (κ1) is 23.6. The number of esters is 1. The fourth-order valence-corrected chi connectivity index (χ4v) is 6.06. The molecule has 0 radical (unpaired) electrons. The first-order valence-corrected chi connectivity index (χ1v) is 12.0. The molecule has 1 unspecified atom stereocenters. The van der Waals surface area contributed by atoms with Gasteiger partial charge in [0.2, 0.25) is 5.91 Å². The van der Waals surface area contributed by atoms with Crippen LogP contribution in [0.4, 0.5) is 4.79 Å². The van der Waals surface area contributed by atoms with Crippen molar-refractivity contribution in [1.82, 2.24) is 10.2 Å².